The first-order chi connectivity index (χ1) is 17.0. The Labute approximate surface area is 214 Å². The summed E-state index contributed by atoms with van der Waals surface area (Å²) < 4.78 is 11.7. The van der Waals surface area contributed by atoms with Gasteiger partial charge in [0.25, 0.3) is 0 Å². The molecule has 5 nitrogen and oxygen atoms in total. The Balaban J connectivity index is 2.11. The summed E-state index contributed by atoms with van der Waals surface area (Å²) >= 11 is 0. The number of anilines is 1. The van der Waals surface area contributed by atoms with Crippen LogP contribution in [0.4, 0.5) is 5.69 Å². The molecule has 1 atom stereocenters. The summed E-state index contributed by atoms with van der Waals surface area (Å²) in [5, 5.41) is 10.4. The third-order valence-corrected chi connectivity index (χ3v) is 6.84. The molecular formula is C31H37NO4. The van der Waals surface area contributed by atoms with Gasteiger partial charge in [-0.1, -0.05) is 54.1 Å². The molecule has 190 valence electrons. The summed E-state index contributed by atoms with van der Waals surface area (Å²) in [6, 6.07) is 16.8. The van der Waals surface area contributed by atoms with Crippen LogP contribution in [0.2, 0.25) is 0 Å². The van der Waals surface area contributed by atoms with Crippen molar-refractivity contribution in [3.63, 3.8) is 0 Å². The van der Waals surface area contributed by atoms with Crippen LogP contribution in [-0.2, 0) is 20.8 Å². The Bertz CT molecular complexity index is 1270. The molecule has 0 spiro atoms. The van der Waals surface area contributed by atoms with Crippen molar-refractivity contribution in [2.75, 3.05) is 25.2 Å². The van der Waals surface area contributed by atoms with Gasteiger partial charge in [0.2, 0.25) is 0 Å². The van der Waals surface area contributed by atoms with Crippen LogP contribution in [-0.4, -0.2) is 36.9 Å². The largest absolute Gasteiger partial charge is 0.479 e. The van der Waals surface area contributed by atoms with Gasteiger partial charge in [-0.15, -0.1) is 0 Å². The molecule has 1 N–H and O–H groups in total. The number of benzene rings is 3. The second-order valence-electron chi connectivity index (χ2n) is 10.6. The number of ether oxygens (including phenoxy) is 2. The summed E-state index contributed by atoms with van der Waals surface area (Å²) in [6.07, 6.45) is -1.10. The highest BCUT2D eigenvalue weighted by atomic mass is 16.5. The SMILES string of the molecule is COCCN1Cc2ccccc2-c2c(C)c(-c3ccc(C)cc3)c([C@H](OC(C)(C)C)C(=O)O)c(C)c21. The van der Waals surface area contributed by atoms with Gasteiger partial charge in [-0.3, -0.25) is 0 Å². The first-order valence-electron chi connectivity index (χ1n) is 12.5. The Morgan fingerprint density at radius 1 is 1.00 bits per heavy atom. The maximum atomic E-state index is 12.7. The van der Waals surface area contributed by atoms with E-state index in [0.717, 1.165) is 51.2 Å². The van der Waals surface area contributed by atoms with E-state index in [9.17, 15) is 9.90 Å². The summed E-state index contributed by atoms with van der Waals surface area (Å²) in [4.78, 5) is 15.1. The molecule has 0 aliphatic carbocycles. The van der Waals surface area contributed by atoms with E-state index in [1.807, 2.05) is 27.7 Å². The number of carboxylic acid groups (broad SMARTS) is 1. The Kier molecular flexibility index (Phi) is 7.26. The molecule has 1 aliphatic rings. The monoisotopic (exact) mass is 487 g/mol. The van der Waals surface area contributed by atoms with Gasteiger partial charge in [-0.05, 0) is 74.9 Å². The smallest absolute Gasteiger partial charge is 0.337 e. The van der Waals surface area contributed by atoms with E-state index in [0.29, 0.717) is 13.2 Å². The quantitative estimate of drug-likeness (QED) is 0.395. The first kappa shape index (κ1) is 25.9. The average Bonchev–Trinajstić information content (AvgIpc) is 2.82. The summed E-state index contributed by atoms with van der Waals surface area (Å²) in [6.45, 7) is 13.9. The topological polar surface area (TPSA) is 59.0 Å². The summed E-state index contributed by atoms with van der Waals surface area (Å²) in [5.74, 6) is -0.986. The van der Waals surface area contributed by atoms with Crippen molar-refractivity contribution in [1.29, 1.82) is 0 Å². The first-order valence-corrected chi connectivity index (χ1v) is 12.5. The summed E-state index contributed by atoms with van der Waals surface area (Å²) in [7, 11) is 1.71. The second-order valence-corrected chi connectivity index (χ2v) is 10.6. The predicted octanol–water partition coefficient (Wildman–Crippen LogP) is 6.85. The van der Waals surface area contributed by atoms with Crippen LogP contribution in [0.15, 0.2) is 48.5 Å². The van der Waals surface area contributed by atoms with Crippen LogP contribution in [0.3, 0.4) is 0 Å². The Morgan fingerprint density at radius 3 is 2.28 bits per heavy atom. The molecule has 0 fully saturated rings. The van der Waals surface area contributed by atoms with Gasteiger partial charge in [-0.25, -0.2) is 4.79 Å². The number of aryl methyl sites for hydroxylation is 1. The standard InChI is InChI=1S/C31H37NO4/c1-19-12-14-22(15-13-19)25-20(2)26-24-11-9-8-10-23(24)18-32(16-17-35-7)28(26)21(3)27(25)29(30(33)34)36-31(4,5)6/h8-15,29H,16-18H2,1-7H3,(H,33,34)/t29-/m0/s1. The number of carbonyl (C=O) groups is 1. The third-order valence-electron chi connectivity index (χ3n) is 6.84. The fraction of sp³-hybridized carbons (Fsp3) is 0.387. The zero-order valence-electron chi connectivity index (χ0n) is 22.4. The van der Waals surface area contributed by atoms with Crippen LogP contribution in [0.25, 0.3) is 22.3 Å². The molecule has 0 amide bonds. The predicted molar refractivity (Wildman–Crippen MR) is 146 cm³/mol. The molecular weight excluding hydrogens is 450 g/mol. The Morgan fingerprint density at radius 2 is 1.67 bits per heavy atom. The van der Waals surface area contributed by atoms with Crippen LogP contribution < -0.4 is 4.90 Å². The number of hydrogen-bond acceptors (Lipinski definition) is 4. The molecule has 4 rings (SSSR count). The van der Waals surface area contributed by atoms with Crippen LogP contribution in [0.5, 0.6) is 0 Å². The maximum absolute atomic E-state index is 12.7. The zero-order chi connectivity index (χ0) is 26.2. The maximum Gasteiger partial charge on any atom is 0.337 e. The fourth-order valence-corrected chi connectivity index (χ4v) is 5.32. The number of rotatable bonds is 7. The number of carboxylic acids is 1. The lowest BCUT2D eigenvalue weighted by Gasteiger charge is -2.38. The molecule has 0 radical (unpaired) electrons. The van der Waals surface area contributed by atoms with E-state index >= 15 is 0 Å². The van der Waals surface area contributed by atoms with Crippen molar-refractivity contribution in [2.45, 2.75) is 59.8 Å². The zero-order valence-corrected chi connectivity index (χ0v) is 22.4. The lowest BCUT2D eigenvalue weighted by Crippen LogP contribution is -2.33. The molecule has 0 saturated heterocycles. The van der Waals surface area contributed by atoms with Crippen molar-refractivity contribution in [1.82, 2.24) is 0 Å². The van der Waals surface area contributed by atoms with E-state index < -0.39 is 17.7 Å². The fourth-order valence-electron chi connectivity index (χ4n) is 5.32. The molecule has 1 heterocycles. The average molecular weight is 488 g/mol. The Hall–Kier alpha value is -3.15. The van der Waals surface area contributed by atoms with Gasteiger partial charge < -0.3 is 19.5 Å². The molecule has 1 aliphatic heterocycles. The highest BCUT2D eigenvalue weighted by Crippen LogP contribution is 2.50. The van der Waals surface area contributed by atoms with Crippen molar-refractivity contribution in [2.24, 2.45) is 0 Å². The summed E-state index contributed by atoms with van der Waals surface area (Å²) in [5.41, 5.74) is 9.86. The van der Waals surface area contributed by atoms with Crippen molar-refractivity contribution < 1.29 is 19.4 Å². The van der Waals surface area contributed by atoms with Gasteiger partial charge in [-0.2, -0.15) is 0 Å². The van der Waals surface area contributed by atoms with Gasteiger partial charge in [0.05, 0.1) is 12.2 Å². The van der Waals surface area contributed by atoms with E-state index in [1.165, 1.54) is 11.1 Å². The minimum atomic E-state index is -1.10. The number of fused-ring (bicyclic) bond motifs is 3. The molecule has 5 heteroatoms. The van der Waals surface area contributed by atoms with Crippen LogP contribution in [0, 0.1) is 20.8 Å². The molecule has 36 heavy (non-hydrogen) atoms. The highest BCUT2D eigenvalue weighted by molar-refractivity contribution is 5.96. The van der Waals surface area contributed by atoms with Crippen molar-refractivity contribution >= 4 is 11.7 Å². The van der Waals surface area contributed by atoms with E-state index in [4.69, 9.17) is 9.47 Å². The number of methoxy groups -OCH3 is 1. The van der Waals surface area contributed by atoms with Crippen molar-refractivity contribution in [3.8, 4) is 22.3 Å². The number of hydrogen-bond donors (Lipinski definition) is 1. The normalized spacial score (nSPS) is 13.8. The van der Waals surface area contributed by atoms with E-state index in [2.05, 4.69) is 67.3 Å². The second kappa shape index (κ2) is 10.1. The van der Waals surface area contributed by atoms with Gasteiger partial charge in [0.1, 0.15) is 0 Å². The molecule has 0 unspecified atom stereocenters. The lowest BCUT2D eigenvalue weighted by atomic mass is 9.79. The molecule has 0 bridgehead atoms. The van der Waals surface area contributed by atoms with Gasteiger partial charge >= 0.3 is 5.97 Å². The van der Waals surface area contributed by atoms with Gasteiger partial charge in [0.15, 0.2) is 6.10 Å². The van der Waals surface area contributed by atoms with E-state index in [1.54, 1.807) is 7.11 Å². The molecule has 0 aromatic heterocycles. The van der Waals surface area contributed by atoms with E-state index in [-0.39, 0.29) is 0 Å². The number of aliphatic carboxylic acids is 1. The van der Waals surface area contributed by atoms with Crippen LogP contribution in [0.1, 0.15) is 54.7 Å². The third kappa shape index (κ3) is 4.91. The van der Waals surface area contributed by atoms with Crippen molar-refractivity contribution in [3.05, 3.63) is 76.3 Å². The highest BCUT2D eigenvalue weighted by Gasteiger charge is 2.36. The lowest BCUT2D eigenvalue weighted by molar-refractivity contribution is -0.160. The molecule has 3 aromatic rings. The van der Waals surface area contributed by atoms with Crippen LogP contribution >= 0.6 is 0 Å². The minimum Gasteiger partial charge on any atom is -0.479 e. The van der Waals surface area contributed by atoms with Gasteiger partial charge in [0, 0.05) is 37.0 Å². The number of nitrogens with zero attached hydrogens (tertiary/aromatic N) is 1. The molecule has 3 aromatic carbocycles. The minimum absolute atomic E-state index is 0.579. The molecule has 0 saturated carbocycles.